The van der Waals surface area contributed by atoms with E-state index in [-0.39, 0.29) is 5.91 Å². The number of carbonyl (C=O) groups excluding carboxylic acids is 1. The van der Waals surface area contributed by atoms with Gasteiger partial charge in [-0.25, -0.2) is 0 Å². The van der Waals surface area contributed by atoms with Crippen LogP contribution in [-0.4, -0.2) is 25.2 Å². The van der Waals surface area contributed by atoms with Gasteiger partial charge in [-0.05, 0) is 37.5 Å². The number of hydrogen-bond donors (Lipinski definition) is 2. The lowest BCUT2D eigenvalue weighted by atomic mass is 10.1. The van der Waals surface area contributed by atoms with Gasteiger partial charge in [0.1, 0.15) is 0 Å². The van der Waals surface area contributed by atoms with Crippen molar-refractivity contribution < 1.29 is 9.53 Å². The number of amides is 1. The molecule has 1 heterocycles. The van der Waals surface area contributed by atoms with Crippen molar-refractivity contribution in [1.29, 1.82) is 0 Å². The first-order valence-electron chi connectivity index (χ1n) is 5.91. The molecular weight excluding hydrogens is 216 g/mol. The van der Waals surface area contributed by atoms with Gasteiger partial charge in [0, 0.05) is 24.9 Å². The van der Waals surface area contributed by atoms with Crippen LogP contribution in [0.5, 0.6) is 0 Å². The summed E-state index contributed by atoms with van der Waals surface area (Å²) in [4.78, 5) is 11.3. The second-order valence-electron chi connectivity index (χ2n) is 4.44. The Kier molecular flexibility index (Phi) is 3.64. The summed E-state index contributed by atoms with van der Waals surface area (Å²) in [6.07, 6.45) is 1.93. The monoisotopic (exact) mass is 234 g/mol. The summed E-state index contributed by atoms with van der Waals surface area (Å²) in [6.45, 7) is 3.55. The third-order valence-corrected chi connectivity index (χ3v) is 3.02. The van der Waals surface area contributed by atoms with Crippen LogP contribution in [0.4, 0.5) is 5.69 Å². The predicted molar refractivity (Wildman–Crippen MR) is 67.2 cm³/mol. The SMILES string of the molecule is Cc1ccc(C(N)=O)c(NC2CCOCC2)c1. The molecule has 2 rings (SSSR count). The van der Waals surface area contributed by atoms with Crippen molar-refractivity contribution in [2.45, 2.75) is 25.8 Å². The van der Waals surface area contributed by atoms with Crippen LogP contribution in [0.2, 0.25) is 0 Å². The van der Waals surface area contributed by atoms with Crippen molar-refractivity contribution >= 4 is 11.6 Å². The normalized spacial score (nSPS) is 16.8. The van der Waals surface area contributed by atoms with E-state index in [0.29, 0.717) is 11.6 Å². The average Bonchev–Trinajstić information content (AvgIpc) is 2.30. The highest BCUT2D eigenvalue weighted by Crippen LogP contribution is 2.21. The Balaban J connectivity index is 2.17. The van der Waals surface area contributed by atoms with Crippen molar-refractivity contribution in [2.24, 2.45) is 5.73 Å². The quantitative estimate of drug-likeness (QED) is 0.836. The zero-order valence-corrected chi connectivity index (χ0v) is 10.0. The predicted octanol–water partition coefficient (Wildman–Crippen LogP) is 1.68. The number of aryl methyl sites for hydroxylation is 1. The summed E-state index contributed by atoms with van der Waals surface area (Å²) in [5, 5.41) is 3.39. The van der Waals surface area contributed by atoms with E-state index in [2.05, 4.69) is 5.32 Å². The summed E-state index contributed by atoms with van der Waals surface area (Å²) < 4.78 is 5.31. The minimum Gasteiger partial charge on any atom is -0.381 e. The Morgan fingerprint density at radius 2 is 2.12 bits per heavy atom. The van der Waals surface area contributed by atoms with Gasteiger partial charge < -0.3 is 15.8 Å². The van der Waals surface area contributed by atoms with Crippen LogP contribution in [0.3, 0.4) is 0 Å². The molecule has 0 aliphatic carbocycles. The Morgan fingerprint density at radius 1 is 1.41 bits per heavy atom. The summed E-state index contributed by atoms with van der Waals surface area (Å²) in [5.41, 5.74) is 7.88. The Labute approximate surface area is 101 Å². The molecule has 4 heteroatoms. The zero-order valence-electron chi connectivity index (χ0n) is 10.0. The molecule has 92 valence electrons. The van der Waals surface area contributed by atoms with Gasteiger partial charge >= 0.3 is 0 Å². The van der Waals surface area contributed by atoms with Crippen molar-refractivity contribution in [3.63, 3.8) is 0 Å². The molecule has 1 saturated heterocycles. The molecule has 0 unspecified atom stereocenters. The maximum atomic E-state index is 11.3. The largest absolute Gasteiger partial charge is 0.381 e. The first-order valence-corrected chi connectivity index (χ1v) is 5.91. The van der Waals surface area contributed by atoms with Crippen molar-refractivity contribution in [1.82, 2.24) is 0 Å². The maximum Gasteiger partial charge on any atom is 0.250 e. The van der Waals surface area contributed by atoms with E-state index < -0.39 is 0 Å². The first-order chi connectivity index (χ1) is 8.16. The number of primary amides is 1. The fourth-order valence-electron chi connectivity index (χ4n) is 2.05. The highest BCUT2D eigenvalue weighted by molar-refractivity contribution is 5.98. The van der Waals surface area contributed by atoms with Crippen molar-refractivity contribution in [3.8, 4) is 0 Å². The smallest absolute Gasteiger partial charge is 0.250 e. The van der Waals surface area contributed by atoms with Crippen LogP contribution < -0.4 is 11.1 Å². The molecule has 0 saturated carbocycles. The summed E-state index contributed by atoms with van der Waals surface area (Å²) in [6, 6.07) is 6.01. The van der Waals surface area contributed by atoms with Gasteiger partial charge in [-0.15, -0.1) is 0 Å². The van der Waals surface area contributed by atoms with Gasteiger partial charge in [-0.3, -0.25) is 4.79 Å². The number of hydrogen-bond acceptors (Lipinski definition) is 3. The van der Waals surface area contributed by atoms with Crippen molar-refractivity contribution in [2.75, 3.05) is 18.5 Å². The molecule has 1 aromatic carbocycles. The van der Waals surface area contributed by atoms with Gasteiger partial charge in [0.05, 0.1) is 5.56 Å². The molecule has 1 aliphatic heterocycles. The van der Waals surface area contributed by atoms with Gasteiger partial charge in [0.2, 0.25) is 0 Å². The fourth-order valence-corrected chi connectivity index (χ4v) is 2.05. The average molecular weight is 234 g/mol. The van der Waals surface area contributed by atoms with E-state index in [1.165, 1.54) is 0 Å². The number of ether oxygens (including phenoxy) is 1. The lowest BCUT2D eigenvalue weighted by Gasteiger charge is -2.25. The lowest BCUT2D eigenvalue weighted by molar-refractivity contribution is 0.0904. The standard InChI is InChI=1S/C13H18N2O2/c1-9-2-3-11(13(14)16)12(8-9)15-10-4-6-17-7-5-10/h2-3,8,10,15H,4-7H2,1H3,(H2,14,16). The number of benzene rings is 1. The van der Waals surface area contributed by atoms with Crippen LogP contribution in [0, 0.1) is 6.92 Å². The summed E-state index contributed by atoms with van der Waals surface area (Å²) in [5.74, 6) is -0.389. The molecule has 0 spiro atoms. The second-order valence-corrected chi connectivity index (χ2v) is 4.44. The molecule has 17 heavy (non-hydrogen) atoms. The Bertz CT molecular complexity index is 412. The van der Waals surface area contributed by atoms with Gasteiger partial charge in [-0.2, -0.15) is 0 Å². The second kappa shape index (κ2) is 5.19. The Hall–Kier alpha value is -1.55. The molecule has 4 nitrogen and oxygen atoms in total. The van der Waals surface area contributed by atoms with Crippen molar-refractivity contribution in [3.05, 3.63) is 29.3 Å². The lowest BCUT2D eigenvalue weighted by Crippen LogP contribution is -2.29. The van der Waals surface area contributed by atoms with E-state index in [0.717, 1.165) is 37.3 Å². The fraction of sp³-hybridized carbons (Fsp3) is 0.462. The molecule has 0 bridgehead atoms. The highest BCUT2D eigenvalue weighted by Gasteiger charge is 2.16. The third-order valence-electron chi connectivity index (χ3n) is 3.02. The summed E-state index contributed by atoms with van der Waals surface area (Å²) >= 11 is 0. The maximum absolute atomic E-state index is 11.3. The van der Waals surface area contributed by atoms with E-state index in [4.69, 9.17) is 10.5 Å². The van der Waals surface area contributed by atoms with Crippen LogP contribution in [-0.2, 0) is 4.74 Å². The van der Waals surface area contributed by atoms with Crippen LogP contribution in [0.15, 0.2) is 18.2 Å². The van der Waals surface area contributed by atoms with Crippen LogP contribution >= 0.6 is 0 Å². The molecule has 1 aliphatic rings. The number of nitrogens with two attached hydrogens (primary N) is 1. The molecule has 3 N–H and O–H groups in total. The van der Waals surface area contributed by atoms with E-state index in [9.17, 15) is 4.79 Å². The van der Waals surface area contributed by atoms with Gasteiger partial charge in [-0.1, -0.05) is 6.07 Å². The molecule has 0 aromatic heterocycles. The van der Waals surface area contributed by atoms with E-state index >= 15 is 0 Å². The van der Waals surface area contributed by atoms with Crippen LogP contribution in [0.1, 0.15) is 28.8 Å². The van der Waals surface area contributed by atoms with Gasteiger partial charge in [0.25, 0.3) is 5.91 Å². The first kappa shape index (κ1) is 11.9. The zero-order chi connectivity index (χ0) is 12.3. The van der Waals surface area contributed by atoms with E-state index in [1.54, 1.807) is 6.07 Å². The molecule has 0 radical (unpaired) electrons. The number of carbonyl (C=O) groups is 1. The Morgan fingerprint density at radius 3 is 2.76 bits per heavy atom. The molecule has 0 atom stereocenters. The van der Waals surface area contributed by atoms with Gasteiger partial charge in [0.15, 0.2) is 0 Å². The molecule has 1 aromatic rings. The highest BCUT2D eigenvalue weighted by atomic mass is 16.5. The minimum atomic E-state index is -0.389. The number of nitrogens with one attached hydrogen (secondary N) is 1. The third kappa shape index (κ3) is 2.97. The molecule has 1 amide bonds. The minimum absolute atomic E-state index is 0.364. The molecule has 1 fully saturated rings. The number of anilines is 1. The van der Waals surface area contributed by atoms with E-state index in [1.807, 2.05) is 19.1 Å². The topological polar surface area (TPSA) is 64.4 Å². The molecular formula is C13H18N2O2. The summed E-state index contributed by atoms with van der Waals surface area (Å²) in [7, 11) is 0. The van der Waals surface area contributed by atoms with Crippen LogP contribution in [0.25, 0.3) is 0 Å². The number of rotatable bonds is 3.